The van der Waals surface area contributed by atoms with Crippen LogP contribution in [0.2, 0.25) is 0 Å². The number of benzene rings is 1. The minimum absolute atomic E-state index is 0.0215. The third kappa shape index (κ3) is 18.7. The second-order valence-electron chi connectivity index (χ2n) is 17.5. The Balaban J connectivity index is 2.05. The highest BCUT2D eigenvalue weighted by Gasteiger charge is 2.41. The molecule has 0 aromatic heterocycles. The van der Waals surface area contributed by atoms with Crippen molar-refractivity contribution in [3.05, 3.63) is 29.8 Å². The first kappa shape index (κ1) is 57.2. The first-order chi connectivity index (χ1) is 32.5. The van der Waals surface area contributed by atoms with Gasteiger partial charge in [0.1, 0.15) is 48.0 Å². The largest absolute Gasteiger partial charge is 0.508 e. The Morgan fingerprint density at radius 3 is 2.01 bits per heavy atom. The molecule has 11 amide bonds. The van der Waals surface area contributed by atoms with Crippen LogP contribution in [0.5, 0.6) is 5.75 Å². The van der Waals surface area contributed by atoms with Crippen molar-refractivity contribution in [1.82, 2.24) is 42.1 Å². The Hall–Kier alpha value is -6.15. The van der Waals surface area contributed by atoms with Gasteiger partial charge in [-0.05, 0) is 55.2 Å². The fraction of sp³-hybridized carbons (Fsp3) is 0.605. The van der Waals surface area contributed by atoms with Crippen LogP contribution in [0.15, 0.2) is 24.3 Å². The molecule has 17 N–H and O–H groups in total. The van der Waals surface area contributed by atoms with Crippen molar-refractivity contribution in [3.63, 3.8) is 0 Å². The maximum Gasteiger partial charge on any atom is 0.279 e. The van der Waals surface area contributed by atoms with Crippen LogP contribution in [-0.2, 0) is 59.2 Å². The number of carbonyl (C=O) groups excluding carboxylic acids is 11. The molecule has 1 aromatic carbocycles. The zero-order valence-corrected chi connectivity index (χ0v) is 40.8. The van der Waals surface area contributed by atoms with Gasteiger partial charge in [0.15, 0.2) is 6.04 Å². The average molecular weight is 1010 g/mol. The van der Waals surface area contributed by atoms with E-state index in [1.165, 1.54) is 17.0 Å². The predicted molar refractivity (Wildman–Crippen MR) is 253 cm³/mol. The van der Waals surface area contributed by atoms with E-state index in [0.29, 0.717) is 18.4 Å². The van der Waals surface area contributed by atoms with Crippen LogP contribution in [0, 0.1) is 11.8 Å². The first-order valence-corrected chi connectivity index (χ1v) is 25.1. The number of nitrogens with zero attached hydrogens (tertiary/aromatic N) is 1. The topological polar surface area (TPSA) is 401 Å². The van der Waals surface area contributed by atoms with Crippen molar-refractivity contribution in [2.45, 2.75) is 127 Å². The van der Waals surface area contributed by atoms with Crippen LogP contribution in [0.3, 0.4) is 0 Å². The van der Waals surface area contributed by atoms with E-state index in [2.05, 4.69) is 43.0 Å². The van der Waals surface area contributed by atoms with Gasteiger partial charge in [0.05, 0.1) is 18.7 Å². The average Bonchev–Trinajstić information content (AvgIpc) is 3.78. The first-order valence-electron chi connectivity index (χ1n) is 22.6. The third-order valence-electron chi connectivity index (χ3n) is 11.3. The van der Waals surface area contributed by atoms with E-state index in [0.717, 1.165) is 21.6 Å². The lowest BCUT2D eigenvalue weighted by Crippen LogP contribution is -2.70. The van der Waals surface area contributed by atoms with E-state index in [1.54, 1.807) is 26.0 Å². The van der Waals surface area contributed by atoms with Crippen molar-refractivity contribution in [1.29, 1.82) is 0 Å². The van der Waals surface area contributed by atoms with Gasteiger partial charge < -0.3 is 70.2 Å². The Labute approximate surface area is 407 Å². The number of nitrogens with two attached hydrogens (primary N) is 3. The Bertz CT molecular complexity index is 2050. The number of aromatic hydroxyl groups is 1. The Morgan fingerprint density at radius 1 is 0.797 bits per heavy atom. The van der Waals surface area contributed by atoms with Gasteiger partial charge in [-0.25, -0.2) is 0 Å². The van der Waals surface area contributed by atoms with Crippen molar-refractivity contribution in [2.24, 2.45) is 29.0 Å². The van der Waals surface area contributed by atoms with E-state index in [9.17, 15) is 57.8 Å². The highest BCUT2D eigenvalue weighted by Crippen LogP contribution is 2.26. The smallest absolute Gasteiger partial charge is 0.279 e. The normalized spacial score (nSPS) is 24.3. The minimum Gasteiger partial charge on any atom is -0.508 e. The van der Waals surface area contributed by atoms with Crippen molar-refractivity contribution in [2.75, 3.05) is 24.6 Å². The summed E-state index contributed by atoms with van der Waals surface area (Å²) in [5, 5.41) is 27.8. The maximum absolute atomic E-state index is 14.5. The van der Waals surface area contributed by atoms with Gasteiger partial charge in [0.2, 0.25) is 59.1 Å². The number of nitrogens with one attached hydrogen (secondary N) is 7. The molecule has 2 saturated heterocycles. The highest BCUT2D eigenvalue weighted by atomic mass is 33.1. The molecule has 382 valence electrons. The second kappa shape index (κ2) is 27.7. The lowest BCUT2D eigenvalue weighted by atomic mass is 9.96. The number of phenolic OH excluding ortho intramolecular Hbond substituents is 1. The van der Waals surface area contributed by atoms with Crippen molar-refractivity contribution in [3.8, 4) is 5.75 Å². The summed E-state index contributed by atoms with van der Waals surface area (Å²) in [5.74, 6) is -10.0. The zero-order valence-electron chi connectivity index (χ0n) is 39.2. The molecule has 1 aromatic rings. The van der Waals surface area contributed by atoms with Crippen LogP contribution in [0.25, 0.3) is 0 Å². The van der Waals surface area contributed by atoms with E-state index < -0.39 is 139 Å². The number of likely N-dealkylation sites (tertiary alicyclic amines) is 1. The van der Waals surface area contributed by atoms with Gasteiger partial charge in [0, 0.05) is 25.1 Å². The quantitative estimate of drug-likeness (QED) is 0.0657. The summed E-state index contributed by atoms with van der Waals surface area (Å²) in [5.41, 5.74) is 20.6. The summed E-state index contributed by atoms with van der Waals surface area (Å²) in [4.78, 5) is 148. The standard InChI is InChI=1S/C43H66N12O12S2/c1-5-22(4)35-42(66)49-26(12-13-32(45)57)38(62)51-29(17-33(46)58)39(63)53-30(20-69-68-19-25(44)36(60)50-28(40(64)54-35)16-23-8-10-24(56)11-9-23)43(67)55-14-6-7-31(55)41(65)52-27(15-21(2)3)37(61)48-18-34(47)59/h8-11,21-22,25-31,35,56H,5-7,12-20,44H2,1-4H3,(H2,45,57)(H2,46,58)(H2,47,59)(H,48,61)(H,49,66)(H,50,60)(H,51,62)(H,52,65)(H,53,63)(H,54,64)/p+1/t22-,25-,26-,27-,28-,29-,30-,31-,35-/m0/s1. The van der Waals surface area contributed by atoms with E-state index in [4.69, 9.17) is 17.2 Å². The molecule has 0 spiro atoms. The maximum atomic E-state index is 14.5. The second-order valence-corrected chi connectivity index (χ2v) is 20.0. The molecule has 2 aliphatic rings. The number of hydrogen-bond donors (Lipinski definition) is 12. The zero-order chi connectivity index (χ0) is 51.5. The predicted octanol–water partition coefficient (Wildman–Crippen LogP) is -4.33. The summed E-state index contributed by atoms with van der Waals surface area (Å²) < 4.78 is 0. The lowest BCUT2D eigenvalue weighted by Gasteiger charge is -2.31. The fourth-order valence-corrected chi connectivity index (χ4v) is 9.71. The molecule has 3 rings (SSSR count). The number of rotatable bonds is 17. The molecule has 0 unspecified atom stereocenters. The Morgan fingerprint density at radius 2 is 1.41 bits per heavy atom. The van der Waals surface area contributed by atoms with Crippen LogP contribution in [-0.4, -0.2) is 148 Å². The van der Waals surface area contributed by atoms with Gasteiger partial charge in [-0.15, -0.1) is 0 Å². The van der Waals surface area contributed by atoms with Crippen molar-refractivity contribution < 1.29 is 63.6 Å². The van der Waals surface area contributed by atoms with Gasteiger partial charge >= 0.3 is 0 Å². The summed E-state index contributed by atoms with van der Waals surface area (Å²) in [6, 6.07) is -4.63. The summed E-state index contributed by atoms with van der Waals surface area (Å²) in [6.07, 6.45) is -0.613. The number of quaternary nitrogens is 1. The SMILES string of the molecule is CC[C@H](C)[C@@H]1NC(=O)[C@H](Cc2ccc(O)cc2)NC(=O)[C@@H]([NH3+])CSSC[C@@H](C(=O)N2CCC[C@H]2C(=O)N[C@@H](CC(C)C)C(=O)NCC(N)=O)NC(=O)[C@H](CC(N)=O)NC(=O)[C@H](CCC(N)=O)NC1=O. The molecule has 26 heteroatoms. The molecule has 2 heterocycles. The number of phenols is 1. The monoisotopic (exact) mass is 1010 g/mol. The molecule has 0 aliphatic carbocycles. The van der Waals surface area contributed by atoms with E-state index in [-0.39, 0.29) is 55.4 Å². The molecule has 69 heavy (non-hydrogen) atoms. The Kier molecular flexibility index (Phi) is 23.0. The number of amides is 11. The summed E-state index contributed by atoms with van der Waals surface area (Å²) >= 11 is 0. The number of carbonyl (C=O) groups is 11. The van der Waals surface area contributed by atoms with E-state index >= 15 is 0 Å². The summed E-state index contributed by atoms with van der Waals surface area (Å²) in [7, 11) is 2.15. The van der Waals surface area contributed by atoms with Crippen LogP contribution in [0.4, 0.5) is 0 Å². The van der Waals surface area contributed by atoms with Crippen LogP contribution >= 0.6 is 21.6 Å². The molecule has 2 fully saturated rings. The number of hydrogen-bond acceptors (Lipinski definition) is 14. The summed E-state index contributed by atoms with van der Waals surface area (Å²) in [6.45, 7) is 6.64. The fourth-order valence-electron chi connectivity index (χ4n) is 7.36. The molecule has 24 nitrogen and oxygen atoms in total. The molecule has 2 aliphatic heterocycles. The van der Waals surface area contributed by atoms with E-state index in [1.807, 2.05) is 13.8 Å². The molecule has 0 radical (unpaired) electrons. The van der Waals surface area contributed by atoms with Crippen molar-refractivity contribution >= 4 is 86.6 Å². The molecule has 9 atom stereocenters. The van der Waals surface area contributed by atoms with Gasteiger partial charge in [-0.2, -0.15) is 0 Å². The highest BCUT2D eigenvalue weighted by molar-refractivity contribution is 8.76. The molecule has 0 bridgehead atoms. The van der Waals surface area contributed by atoms with Gasteiger partial charge in [-0.3, -0.25) is 52.7 Å². The molecular weight excluding hydrogens is 941 g/mol. The number of primary amides is 3. The van der Waals surface area contributed by atoms with Crippen LogP contribution < -0.4 is 60.2 Å². The third-order valence-corrected chi connectivity index (χ3v) is 13.8. The minimum atomic E-state index is -1.74. The molecular formula is C43H67N12O12S2+. The lowest BCUT2D eigenvalue weighted by molar-refractivity contribution is -0.396. The molecule has 0 saturated carbocycles. The van der Waals surface area contributed by atoms with Gasteiger partial charge in [-0.1, -0.05) is 67.8 Å². The van der Waals surface area contributed by atoms with Gasteiger partial charge in [0.25, 0.3) is 5.91 Å². The van der Waals surface area contributed by atoms with Crippen LogP contribution in [0.1, 0.15) is 78.2 Å².